The topological polar surface area (TPSA) is 35.6 Å². The third-order valence-electron chi connectivity index (χ3n) is 4.40. The van der Waals surface area contributed by atoms with Gasteiger partial charge in [-0.2, -0.15) is 0 Å². The highest BCUT2D eigenvalue weighted by Crippen LogP contribution is 2.19. The van der Waals surface area contributed by atoms with Crippen LogP contribution in [0.25, 0.3) is 0 Å². The van der Waals surface area contributed by atoms with Crippen molar-refractivity contribution >= 4 is 17.6 Å². The molecule has 128 valence electrons. The van der Waals surface area contributed by atoms with E-state index < -0.39 is 0 Å². The molecule has 1 aromatic carbocycles. The van der Waals surface area contributed by atoms with Crippen LogP contribution < -0.4 is 5.32 Å². The van der Waals surface area contributed by atoms with Crippen LogP contribution in [0.5, 0.6) is 0 Å². The molecule has 1 fully saturated rings. The zero-order valence-corrected chi connectivity index (χ0v) is 14.6. The highest BCUT2D eigenvalue weighted by molar-refractivity contribution is 6.31. The van der Waals surface area contributed by atoms with E-state index in [0.29, 0.717) is 29.5 Å². The predicted octanol–water partition coefficient (Wildman–Crippen LogP) is 3.00. The first-order valence-corrected chi connectivity index (χ1v) is 8.53. The van der Waals surface area contributed by atoms with E-state index in [2.05, 4.69) is 24.2 Å². The summed E-state index contributed by atoms with van der Waals surface area (Å²) >= 11 is 5.99. The molecule has 4 nitrogen and oxygen atoms in total. The van der Waals surface area contributed by atoms with Crippen LogP contribution >= 0.6 is 11.6 Å². The second-order valence-corrected chi connectivity index (χ2v) is 6.54. The number of hydrogen-bond donors (Lipinski definition) is 1. The van der Waals surface area contributed by atoms with Crippen molar-refractivity contribution in [1.82, 2.24) is 15.1 Å². The molecule has 0 aliphatic carbocycles. The molecular formula is C17H25ClFN3O. The number of nitrogens with one attached hydrogen (secondary N) is 1. The number of hydrogen-bond acceptors (Lipinski definition) is 2. The van der Waals surface area contributed by atoms with Gasteiger partial charge >= 0.3 is 6.03 Å². The molecule has 0 unspecified atom stereocenters. The number of halogens is 2. The highest BCUT2D eigenvalue weighted by atomic mass is 35.5. The minimum Gasteiger partial charge on any atom is -0.338 e. The smallest absolute Gasteiger partial charge is 0.317 e. The monoisotopic (exact) mass is 341 g/mol. The molecule has 1 aromatic rings. The third kappa shape index (κ3) is 5.08. The van der Waals surface area contributed by atoms with Crippen LogP contribution in [-0.2, 0) is 6.42 Å². The fourth-order valence-corrected chi connectivity index (χ4v) is 3.17. The van der Waals surface area contributed by atoms with Crippen LogP contribution in [0.4, 0.5) is 9.18 Å². The van der Waals surface area contributed by atoms with Gasteiger partial charge in [0.15, 0.2) is 0 Å². The molecule has 1 heterocycles. The summed E-state index contributed by atoms with van der Waals surface area (Å²) in [4.78, 5) is 16.3. The Morgan fingerprint density at radius 1 is 1.52 bits per heavy atom. The van der Waals surface area contributed by atoms with Gasteiger partial charge in [-0.25, -0.2) is 9.18 Å². The number of urea groups is 1. The zero-order valence-electron chi connectivity index (χ0n) is 13.8. The molecule has 1 N–H and O–H groups in total. The van der Waals surface area contributed by atoms with Crippen LogP contribution in [0.3, 0.4) is 0 Å². The fourth-order valence-electron chi connectivity index (χ4n) is 2.91. The molecule has 2 amide bonds. The number of carbonyl (C=O) groups is 1. The van der Waals surface area contributed by atoms with E-state index in [1.54, 1.807) is 12.1 Å². The Morgan fingerprint density at radius 2 is 2.30 bits per heavy atom. The maximum atomic E-state index is 13.7. The van der Waals surface area contributed by atoms with E-state index >= 15 is 0 Å². The summed E-state index contributed by atoms with van der Waals surface area (Å²) in [5.74, 6) is 0.210. The van der Waals surface area contributed by atoms with E-state index in [0.717, 1.165) is 32.6 Å². The first kappa shape index (κ1) is 18.0. The first-order valence-electron chi connectivity index (χ1n) is 8.15. The van der Waals surface area contributed by atoms with E-state index in [1.807, 2.05) is 4.90 Å². The van der Waals surface area contributed by atoms with Gasteiger partial charge < -0.3 is 15.1 Å². The normalized spacial score (nSPS) is 17.8. The van der Waals surface area contributed by atoms with Crippen molar-refractivity contribution in [3.05, 3.63) is 34.6 Å². The number of likely N-dealkylation sites (tertiary alicyclic amines) is 1. The second-order valence-electron chi connectivity index (χ2n) is 6.14. The molecule has 1 saturated heterocycles. The molecule has 1 atom stereocenters. The van der Waals surface area contributed by atoms with E-state index in [9.17, 15) is 9.18 Å². The summed E-state index contributed by atoms with van der Waals surface area (Å²) in [6.45, 7) is 6.13. The molecule has 0 spiro atoms. The van der Waals surface area contributed by atoms with Gasteiger partial charge in [0.05, 0.1) is 0 Å². The molecule has 2 rings (SSSR count). The van der Waals surface area contributed by atoms with Crippen LogP contribution in [0, 0.1) is 11.7 Å². The van der Waals surface area contributed by atoms with Crippen molar-refractivity contribution < 1.29 is 9.18 Å². The summed E-state index contributed by atoms with van der Waals surface area (Å²) in [7, 11) is 2.10. The Balaban J connectivity index is 1.75. The van der Waals surface area contributed by atoms with Crippen LogP contribution in [-0.4, -0.2) is 55.6 Å². The van der Waals surface area contributed by atoms with Crippen molar-refractivity contribution in [1.29, 1.82) is 0 Å². The summed E-state index contributed by atoms with van der Waals surface area (Å²) < 4.78 is 13.7. The minimum absolute atomic E-state index is 0.0703. The molecule has 6 heteroatoms. The Morgan fingerprint density at radius 3 is 3.00 bits per heavy atom. The molecule has 0 radical (unpaired) electrons. The Kier molecular flexibility index (Phi) is 6.66. The molecule has 0 saturated carbocycles. The first-order chi connectivity index (χ1) is 11.0. The summed E-state index contributed by atoms with van der Waals surface area (Å²) in [6.07, 6.45) is 1.43. The Labute approximate surface area is 142 Å². The second kappa shape index (κ2) is 8.50. The minimum atomic E-state index is -0.324. The SMILES string of the molecule is CCN(C)C[C@H]1CCN(C(=O)NCCc2c(F)cccc2Cl)C1. The van der Waals surface area contributed by atoms with Crippen LogP contribution in [0.1, 0.15) is 18.9 Å². The number of amides is 2. The maximum absolute atomic E-state index is 13.7. The van der Waals surface area contributed by atoms with Gasteiger partial charge in [0.25, 0.3) is 0 Å². The van der Waals surface area contributed by atoms with E-state index in [-0.39, 0.29) is 11.8 Å². The average molecular weight is 342 g/mol. The highest BCUT2D eigenvalue weighted by Gasteiger charge is 2.26. The number of nitrogens with zero attached hydrogens (tertiary/aromatic N) is 2. The lowest BCUT2D eigenvalue weighted by atomic mass is 10.1. The van der Waals surface area contributed by atoms with Crippen LogP contribution in [0.2, 0.25) is 5.02 Å². The molecule has 23 heavy (non-hydrogen) atoms. The van der Waals surface area contributed by atoms with Gasteiger partial charge in [-0.15, -0.1) is 0 Å². The Hall–Kier alpha value is -1.33. The molecule has 0 aromatic heterocycles. The van der Waals surface area contributed by atoms with E-state index in [4.69, 9.17) is 11.6 Å². The lowest BCUT2D eigenvalue weighted by Crippen LogP contribution is -2.40. The summed E-state index contributed by atoms with van der Waals surface area (Å²) in [6, 6.07) is 4.56. The average Bonchev–Trinajstić information content (AvgIpc) is 2.98. The van der Waals surface area contributed by atoms with Crippen molar-refractivity contribution in [2.45, 2.75) is 19.8 Å². The van der Waals surface area contributed by atoms with Crippen molar-refractivity contribution in [2.24, 2.45) is 5.92 Å². The van der Waals surface area contributed by atoms with E-state index in [1.165, 1.54) is 6.07 Å². The fraction of sp³-hybridized carbons (Fsp3) is 0.588. The largest absolute Gasteiger partial charge is 0.338 e. The molecule has 1 aliphatic rings. The Bertz CT molecular complexity index is 520. The van der Waals surface area contributed by atoms with Crippen molar-refractivity contribution in [2.75, 3.05) is 39.8 Å². The molecular weight excluding hydrogens is 317 g/mol. The number of benzene rings is 1. The standard InChI is InChI=1S/C17H25ClFN3O/c1-3-21(2)11-13-8-10-22(12-13)17(23)20-9-7-14-15(18)5-4-6-16(14)19/h4-6,13H,3,7-12H2,1-2H3,(H,20,23)/t13-/m1/s1. The van der Waals surface area contributed by atoms with Gasteiger partial charge in [0, 0.05) is 36.8 Å². The third-order valence-corrected chi connectivity index (χ3v) is 4.75. The van der Waals surface area contributed by atoms with Gasteiger partial charge in [-0.05, 0) is 44.5 Å². The van der Waals surface area contributed by atoms with Crippen molar-refractivity contribution in [3.8, 4) is 0 Å². The lowest BCUT2D eigenvalue weighted by Gasteiger charge is -2.20. The van der Waals surface area contributed by atoms with Crippen molar-refractivity contribution in [3.63, 3.8) is 0 Å². The molecule has 0 bridgehead atoms. The maximum Gasteiger partial charge on any atom is 0.317 e. The number of carbonyl (C=O) groups excluding carboxylic acids is 1. The van der Waals surface area contributed by atoms with Gasteiger partial charge in [-0.3, -0.25) is 0 Å². The van der Waals surface area contributed by atoms with Gasteiger partial charge in [-0.1, -0.05) is 24.6 Å². The molecule has 1 aliphatic heterocycles. The predicted molar refractivity (Wildman–Crippen MR) is 91.4 cm³/mol. The van der Waals surface area contributed by atoms with Crippen LogP contribution in [0.15, 0.2) is 18.2 Å². The lowest BCUT2D eigenvalue weighted by molar-refractivity contribution is 0.204. The summed E-state index contributed by atoms with van der Waals surface area (Å²) in [5, 5.41) is 3.27. The summed E-state index contributed by atoms with van der Waals surface area (Å²) in [5.41, 5.74) is 0.457. The number of rotatable bonds is 6. The van der Waals surface area contributed by atoms with Gasteiger partial charge in [0.2, 0.25) is 0 Å². The van der Waals surface area contributed by atoms with Gasteiger partial charge in [0.1, 0.15) is 5.82 Å². The zero-order chi connectivity index (χ0) is 16.8. The quantitative estimate of drug-likeness (QED) is 0.863.